The number of ether oxygens (including phenoxy) is 1. The lowest BCUT2D eigenvalue weighted by atomic mass is 10.3. The second kappa shape index (κ2) is 6.09. The highest BCUT2D eigenvalue weighted by Crippen LogP contribution is 1.93. The SMILES string of the molecule is CCOC(=O)/C(=N/OC(=O)Cl)C(C)=O. The van der Waals surface area contributed by atoms with Gasteiger partial charge in [0.25, 0.3) is 0 Å². The van der Waals surface area contributed by atoms with Gasteiger partial charge in [-0.15, -0.1) is 0 Å². The highest BCUT2D eigenvalue weighted by molar-refractivity contribution is 6.64. The van der Waals surface area contributed by atoms with E-state index in [0.717, 1.165) is 6.92 Å². The molecule has 0 atom stereocenters. The average Bonchev–Trinajstić information content (AvgIpc) is 2.03. The molecule has 14 heavy (non-hydrogen) atoms. The van der Waals surface area contributed by atoms with Crippen molar-refractivity contribution in [1.29, 1.82) is 0 Å². The summed E-state index contributed by atoms with van der Waals surface area (Å²) in [5.41, 5.74) is -1.85. The van der Waals surface area contributed by atoms with Crippen molar-refractivity contribution in [2.45, 2.75) is 13.8 Å². The van der Waals surface area contributed by atoms with Crippen LogP contribution in [0.1, 0.15) is 13.8 Å². The molecule has 0 aliphatic heterocycles. The molecule has 0 rings (SSSR count). The number of carbonyl (C=O) groups excluding carboxylic acids is 3. The number of hydrogen-bond acceptors (Lipinski definition) is 6. The Bertz CT molecular complexity index is 286. The van der Waals surface area contributed by atoms with E-state index in [1.807, 2.05) is 0 Å². The zero-order chi connectivity index (χ0) is 11.1. The molecule has 0 bridgehead atoms. The number of carbonyl (C=O) groups is 3. The van der Waals surface area contributed by atoms with Gasteiger partial charge in [-0.25, -0.2) is 9.59 Å². The Balaban J connectivity index is 4.59. The molecule has 0 radical (unpaired) electrons. The first-order valence-corrected chi connectivity index (χ1v) is 3.99. The van der Waals surface area contributed by atoms with Crippen LogP contribution >= 0.6 is 11.6 Å². The maximum atomic E-state index is 11.0. The molecule has 0 heterocycles. The molecule has 78 valence electrons. The van der Waals surface area contributed by atoms with Crippen molar-refractivity contribution in [3.8, 4) is 0 Å². The molecule has 0 fully saturated rings. The summed E-state index contributed by atoms with van der Waals surface area (Å²) in [6.45, 7) is 2.72. The lowest BCUT2D eigenvalue weighted by molar-refractivity contribution is -0.135. The maximum absolute atomic E-state index is 11.0. The van der Waals surface area contributed by atoms with Gasteiger partial charge in [0.1, 0.15) is 0 Å². The number of nitrogens with zero attached hydrogens (tertiary/aromatic N) is 1. The van der Waals surface area contributed by atoms with E-state index >= 15 is 0 Å². The number of ketones is 1. The van der Waals surface area contributed by atoms with Crippen molar-refractivity contribution in [2.75, 3.05) is 6.61 Å². The van der Waals surface area contributed by atoms with Gasteiger partial charge in [-0.3, -0.25) is 4.79 Å². The zero-order valence-electron chi connectivity index (χ0n) is 7.57. The highest BCUT2D eigenvalue weighted by atomic mass is 35.5. The highest BCUT2D eigenvalue weighted by Gasteiger charge is 2.19. The predicted octanol–water partition coefficient (Wildman–Crippen LogP) is 0.870. The van der Waals surface area contributed by atoms with Crippen LogP contribution in [0.25, 0.3) is 0 Å². The molecule has 0 amide bonds. The summed E-state index contributed by atoms with van der Waals surface area (Å²) >= 11 is 4.78. The first-order chi connectivity index (χ1) is 6.49. The van der Waals surface area contributed by atoms with Gasteiger partial charge in [-0.05, 0) is 6.92 Å². The molecule has 0 saturated heterocycles. The van der Waals surface area contributed by atoms with Crippen LogP contribution < -0.4 is 0 Å². The van der Waals surface area contributed by atoms with Crippen LogP contribution in [-0.4, -0.2) is 29.5 Å². The minimum Gasteiger partial charge on any atom is -0.461 e. The van der Waals surface area contributed by atoms with Gasteiger partial charge >= 0.3 is 11.4 Å². The van der Waals surface area contributed by atoms with E-state index in [0.29, 0.717) is 0 Å². The topological polar surface area (TPSA) is 82.0 Å². The first-order valence-electron chi connectivity index (χ1n) is 3.61. The van der Waals surface area contributed by atoms with E-state index in [-0.39, 0.29) is 6.61 Å². The number of Topliss-reactive ketones (excluding diaryl/α,β-unsaturated/α-hetero) is 1. The fourth-order valence-electron chi connectivity index (χ4n) is 0.526. The molecule has 0 unspecified atom stereocenters. The Hall–Kier alpha value is -1.43. The smallest absolute Gasteiger partial charge is 0.429 e. The Morgan fingerprint density at radius 3 is 2.29 bits per heavy atom. The molecular weight excluding hydrogens is 214 g/mol. The van der Waals surface area contributed by atoms with Crippen LogP contribution in [0.2, 0.25) is 0 Å². The molecule has 0 aliphatic carbocycles. The number of hydrogen-bond donors (Lipinski definition) is 0. The molecule has 0 spiro atoms. The summed E-state index contributed by atoms with van der Waals surface area (Å²) in [5.74, 6) is -1.64. The second-order valence-electron chi connectivity index (χ2n) is 2.05. The number of oxime groups is 1. The monoisotopic (exact) mass is 221 g/mol. The van der Waals surface area contributed by atoms with Crippen molar-refractivity contribution in [3.05, 3.63) is 0 Å². The fraction of sp³-hybridized carbons (Fsp3) is 0.429. The third-order valence-corrected chi connectivity index (χ3v) is 1.08. The van der Waals surface area contributed by atoms with Gasteiger partial charge in [0, 0.05) is 18.5 Å². The van der Waals surface area contributed by atoms with E-state index in [2.05, 4.69) is 14.7 Å². The third-order valence-electron chi connectivity index (χ3n) is 1.01. The van der Waals surface area contributed by atoms with E-state index < -0.39 is 22.9 Å². The predicted molar refractivity (Wildman–Crippen MR) is 47.1 cm³/mol. The van der Waals surface area contributed by atoms with Crippen molar-refractivity contribution >= 4 is 34.5 Å². The summed E-state index contributed by atoms with van der Waals surface area (Å²) < 4.78 is 4.47. The Kier molecular flexibility index (Phi) is 5.47. The Labute approximate surface area is 84.8 Å². The van der Waals surface area contributed by atoms with E-state index in [4.69, 9.17) is 11.6 Å². The van der Waals surface area contributed by atoms with Crippen LogP contribution in [-0.2, 0) is 19.2 Å². The van der Waals surface area contributed by atoms with Crippen LogP contribution in [0.3, 0.4) is 0 Å². The van der Waals surface area contributed by atoms with Gasteiger partial charge in [0.05, 0.1) is 6.61 Å². The van der Waals surface area contributed by atoms with Crippen molar-refractivity contribution < 1.29 is 24.0 Å². The molecular formula is C7H8ClNO5. The van der Waals surface area contributed by atoms with E-state index in [1.54, 1.807) is 6.92 Å². The standard InChI is InChI=1S/C7H8ClNO5/c1-3-13-6(11)5(4(2)10)9-14-7(8)12/h3H2,1-2H3/b9-5+. The third kappa shape index (κ3) is 4.56. The molecule has 0 aromatic carbocycles. The number of rotatable bonds is 4. The van der Waals surface area contributed by atoms with Gasteiger partial charge in [-0.1, -0.05) is 5.16 Å². The van der Waals surface area contributed by atoms with Crippen molar-refractivity contribution in [2.24, 2.45) is 5.16 Å². The fourth-order valence-corrected chi connectivity index (χ4v) is 0.561. The summed E-state index contributed by atoms with van der Waals surface area (Å²) in [4.78, 5) is 35.8. The Morgan fingerprint density at radius 2 is 1.93 bits per heavy atom. The summed E-state index contributed by atoms with van der Waals surface area (Å²) in [6.07, 6.45) is 0. The number of halogens is 1. The van der Waals surface area contributed by atoms with Crippen LogP contribution in [0, 0.1) is 0 Å². The van der Waals surface area contributed by atoms with E-state index in [9.17, 15) is 14.4 Å². The van der Waals surface area contributed by atoms with Crippen LogP contribution in [0.5, 0.6) is 0 Å². The van der Waals surface area contributed by atoms with Crippen LogP contribution in [0.15, 0.2) is 5.16 Å². The summed E-state index contributed by atoms with van der Waals surface area (Å²) in [5, 5.41) is 2.95. The Morgan fingerprint density at radius 1 is 1.36 bits per heavy atom. The minimum atomic E-state index is -1.24. The van der Waals surface area contributed by atoms with Crippen molar-refractivity contribution in [3.63, 3.8) is 0 Å². The largest absolute Gasteiger partial charge is 0.461 e. The molecule has 0 aliphatic rings. The molecule has 0 aromatic heterocycles. The molecule has 0 aromatic rings. The van der Waals surface area contributed by atoms with Crippen molar-refractivity contribution in [1.82, 2.24) is 0 Å². The summed E-state index contributed by atoms with van der Waals surface area (Å²) in [6, 6.07) is 0. The molecule has 0 N–H and O–H groups in total. The van der Waals surface area contributed by atoms with Gasteiger partial charge in [-0.2, -0.15) is 0 Å². The normalized spacial score (nSPS) is 10.6. The lowest BCUT2D eigenvalue weighted by Gasteiger charge is -2.00. The first kappa shape index (κ1) is 12.6. The summed E-state index contributed by atoms with van der Waals surface area (Å²) in [7, 11) is 0. The molecule has 0 saturated carbocycles. The zero-order valence-corrected chi connectivity index (χ0v) is 8.33. The van der Waals surface area contributed by atoms with Gasteiger partial charge < -0.3 is 9.57 Å². The molecule has 7 heteroatoms. The average molecular weight is 222 g/mol. The maximum Gasteiger partial charge on any atom is 0.429 e. The van der Waals surface area contributed by atoms with Crippen LogP contribution in [0.4, 0.5) is 4.79 Å². The quantitative estimate of drug-likeness (QED) is 0.176. The van der Waals surface area contributed by atoms with E-state index in [1.165, 1.54) is 0 Å². The number of esters is 1. The van der Waals surface area contributed by atoms with Gasteiger partial charge in [0.2, 0.25) is 5.71 Å². The van der Waals surface area contributed by atoms with Gasteiger partial charge in [0.15, 0.2) is 5.78 Å². The lowest BCUT2D eigenvalue weighted by Crippen LogP contribution is -2.24. The minimum absolute atomic E-state index is 0.0833. The second-order valence-corrected chi connectivity index (χ2v) is 2.35. The molecule has 6 nitrogen and oxygen atoms in total.